The van der Waals surface area contributed by atoms with Crippen LogP contribution in [0.1, 0.15) is 30.9 Å². The lowest BCUT2D eigenvalue weighted by atomic mass is 9.71. The zero-order valence-corrected chi connectivity index (χ0v) is 13.1. The van der Waals surface area contributed by atoms with Crippen LogP contribution in [-0.4, -0.2) is 17.5 Å². The summed E-state index contributed by atoms with van der Waals surface area (Å²) in [6.07, 6.45) is 1.81. The first-order valence-corrected chi connectivity index (χ1v) is 7.98. The average molecular weight is 290 g/mol. The van der Waals surface area contributed by atoms with E-state index in [0.717, 1.165) is 25.9 Å². The summed E-state index contributed by atoms with van der Waals surface area (Å²) in [7, 11) is 0. The number of hydrogen-bond donors (Lipinski definition) is 0. The molecule has 2 aromatic carbocycles. The molecule has 112 valence electrons. The van der Waals surface area contributed by atoms with Crippen LogP contribution in [0.25, 0.3) is 0 Å². The second-order valence-electron chi connectivity index (χ2n) is 6.32. The number of nitriles is 1. The molecule has 0 bridgehead atoms. The molecule has 3 rings (SSSR count). The lowest BCUT2D eigenvalue weighted by molar-refractivity contribution is 0.117. The van der Waals surface area contributed by atoms with Gasteiger partial charge in [-0.05, 0) is 30.9 Å². The fourth-order valence-electron chi connectivity index (χ4n) is 3.53. The van der Waals surface area contributed by atoms with Crippen molar-refractivity contribution in [2.24, 2.45) is 0 Å². The maximum absolute atomic E-state index is 9.82. The van der Waals surface area contributed by atoms with Crippen LogP contribution < -0.4 is 0 Å². The monoisotopic (exact) mass is 290 g/mol. The SMILES string of the molecule is C[C@H]1C[C@@](C#N)(c2ccccc2)CCN1Cc1ccccc1. The molecule has 2 heteroatoms. The minimum atomic E-state index is -0.326. The van der Waals surface area contributed by atoms with Crippen molar-refractivity contribution in [3.63, 3.8) is 0 Å². The highest BCUT2D eigenvalue weighted by Gasteiger charge is 2.39. The summed E-state index contributed by atoms with van der Waals surface area (Å²) in [5.74, 6) is 0. The maximum Gasteiger partial charge on any atom is 0.0849 e. The Labute approximate surface area is 133 Å². The summed E-state index contributed by atoms with van der Waals surface area (Å²) in [6.45, 7) is 4.19. The van der Waals surface area contributed by atoms with E-state index in [2.05, 4.69) is 60.4 Å². The zero-order valence-electron chi connectivity index (χ0n) is 13.1. The van der Waals surface area contributed by atoms with Crippen LogP contribution in [0.15, 0.2) is 60.7 Å². The molecule has 1 aliphatic heterocycles. The van der Waals surface area contributed by atoms with E-state index >= 15 is 0 Å². The molecular weight excluding hydrogens is 268 g/mol. The van der Waals surface area contributed by atoms with Crippen molar-refractivity contribution in [1.29, 1.82) is 5.26 Å². The fraction of sp³-hybridized carbons (Fsp3) is 0.350. The smallest absolute Gasteiger partial charge is 0.0849 e. The van der Waals surface area contributed by atoms with Crippen molar-refractivity contribution in [2.75, 3.05) is 6.54 Å². The van der Waals surface area contributed by atoms with Gasteiger partial charge in [-0.25, -0.2) is 0 Å². The van der Waals surface area contributed by atoms with Gasteiger partial charge in [0.1, 0.15) is 0 Å². The largest absolute Gasteiger partial charge is 0.296 e. The molecule has 22 heavy (non-hydrogen) atoms. The van der Waals surface area contributed by atoms with Gasteiger partial charge in [-0.3, -0.25) is 4.90 Å². The van der Waals surface area contributed by atoms with Crippen LogP contribution >= 0.6 is 0 Å². The number of nitrogens with zero attached hydrogens (tertiary/aromatic N) is 2. The third kappa shape index (κ3) is 2.91. The predicted octanol–water partition coefficient (Wildman–Crippen LogP) is 4.13. The molecule has 0 radical (unpaired) electrons. The molecule has 1 heterocycles. The Morgan fingerprint density at radius 1 is 1.09 bits per heavy atom. The molecule has 1 saturated heterocycles. The van der Waals surface area contributed by atoms with Crippen molar-refractivity contribution in [1.82, 2.24) is 4.90 Å². The van der Waals surface area contributed by atoms with Gasteiger partial charge in [-0.2, -0.15) is 5.26 Å². The van der Waals surface area contributed by atoms with Crippen LogP contribution in [0, 0.1) is 11.3 Å². The summed E-state index contributed by atoms with van der Waals surface area (Å²) >= 11 is 0. The van der Waals surface area contributed by atoms with Crippen molar-refractivity contribution in [3.8, 4) is 6.07 Å². The van der Waals surface area contributed by atoms with Crippen molar-refractivity contribution >= 4 is 0 Å². The summed E-state index contributed by atoms with van der Waals surface area (Å²) in [5.41, 5.74) is 2.19. The van der Waals surface area contributed by atoms with E-state index in [1.807, 2.05) is 18.2 Å². The van der Waals surface area contributed by atoms with E-state index in [1.54, 1.807) is 0 Å². The minimum Gasteiger partial charge on any atom is -0.296 e. The second-order valence-corrected chi connectivity index (χ2v) is 6.32. The Hall–Kier alpha value is -2.11. The third-order valence-corrected chi connectivity index (χ3v) is 4.86. The van der Waals surface area contributed by atoms with Gasteiger partial charge < -0.3 is 0 Å². The molecule has 1 fully saturated rings. The van der Waals surface area contributed by atoms with Gasteiger partial charge in [0.2, 0.25) is 0 Å². The van der Waals surface area contributed by atoms with Crippen molar-refractivity contribution < 1.29 is 0 Å². The second kappa shape index (κ2) is 6.34. The summed E-state index contributed by atoms with van der Waals surface area (Å²) in [4.78, 5) is 2.49. The van der Waals surface area contributed by atoms with Gasteiger partial charge in [0, 0.05) is 19.1 Å². The van der Waals surface area contributed by atoms with Crippen LogP contribution in [0.5, 0.6) is 0 Å². The van der Waals surface area contributed by atoms with Crippen LogP contribution in [0.2, 0.25) is 0 Å². The van der Waals surface area contributed by atoms with Gasteiger partial charge in [-0.1, -0.05) is 60.7 Å². The predicted molar refractivity (Wildman–Crippen MR) is 89.3 cm³/mol. The molecule has 0 unspecified atom stereocenters. The van der Waals surface area contributed by atoms with Gasteiger partial charge in [0.05, 0.1) is 11.5 Å². The number of rotatable bonds is 3. The first-order chi connectivity index (χ1) is 10.7. The molecule has 0 spiro atoms. The third-order valence-electron chi connectivity index (χ3n) is 4.86. The van der Waals surface area contributed by atoms with E-state index in [9.17, 15) is 5.26 Å². The highest BCUT2D eigenvalue weighted by atomic mass is 15.2. The molecule has 0 N–H and O–H groups in total. The molecule has 2 nitrogen and oxygen atoms in total. The molecule has 0 saturated carbocycles. The van der Waals surface area contributed by atoms with E-state index in [1.165, 1.54) is 11.1 Å². The molecule has 2 aromatic rings. The van der Waals surface area contributed by atoms with Gasteiger partial charge in [0.15, 0.2) is 0 Å². The van der Waals surface area contributed by atoms with Crippen molar-refractivity contribution in [2.45, 2.75) is 37.8 Å². The lowest BCUT2D eigenvalue weighted by Gasteiger charge is -2.42. The Morgan fingerprint density at radius 3 is 2.32 bits per heavy atom. The lowest BCUT2D eigenvalue weighted by Crippen LogP contribution is -2.46. The van der Waals surface area contributed by atoms with Crippen molar-refractivity contribution in [3.05, 3.63) is 71.8 Å². The fourth-order valence-corrected chi connectivity index (χ4v) is 3.53. The van der Waals surface area contributed by atoms with Crippen LogP contribution in [0.3, 0.4) is 0 Å². The Bertz CT molecular complexity index is 644. The number of piperidine rings is 1. The zero-order chi connectivity index (χ0) is 15.4. The summed E-state index contributed by atoms with van der Waals surface area (Å²) in [6, 6.07) is 23.9. The average Bonchev–Trinajstić information content (AvgIpc) is 2.58. The normalized spacial score (nSPS) is 25.5. The molecule has 2 atom stereocenters. The first kappa shape index (κ1) is 14.8. The highest BCUT2D eigenvalue weighted by molar-refractivity contribution is 5.33. The number of likely N-dealkylation sites (tertiary alicyclic amines) is 1. The Kier molecular flexibility index (Phi) is 4.27. The van der Waals surface area contributed by atoms with Gasteiger partial charge in [-0.15, -0.1) is 0 Å². The van der Waals surface area contributed by atoms with E-state index < -0.39 is 0 Å². The van der Waals surface area contributed by atoms with Gasteiger partial charge in [0.25, 0.3) is 0 Å². The quantitative estimate of drug-likeness (QED) is 0.849. The van der Waals surface area contributed by atoms with E-state index in [4.69, 9.17) is 0 Å². The Morgan fingerprint density at radius 2 is 1.73 bits per heavy atom. The molecule has 0 aliphatic carbocycles. The molecule has 0 aromatic heterocycles. The number of benzene rings is 2. The highest BCUT2D eigenvalue weighted by Crippen LogP contribution is 2.38. The first-order valence-electron chi connectivity index (χ1n) is 7.98. The van der Waals surface area contributed by atoms with Crippen LogP contribution in [-0.2, 0) is 12.0 Å². The molecule has 0 amide bonds. The molecular formula is C20H22N2. The summed E-state index contributed by atoms with van der Waals surface area (Å²) in [5, 5.41) is 9.82. The minimum absolute atomic E-state index is 0.326. The van der Waals surface area contributed by atoms with E-state index in [0.29, 0.717) is 6.04 Å². The number of hydrogen-bond acceptors (Lipinski definition) is 2. The maximum atomic E-state index is 9.82. The van der Waals surface area contributed by atoms with Crippen LogP contribution in [0.4, 0.5) is 0 Å². The molecule has 1 aliphatic rings. The van der Waals surface area contributed by atoms with E-state index in [-0.39, 0.29) is 5.41 Å². The standard InChI is InChI=1S/C20H22N2/c1-17-14-20(16-21,19-10-6-3-7-11-19)12-13-22(17)15-18-8-4-2-5-9-18/h2-11,17H,12-15H2,1H3/t17-,20-/m0/s1. The Balaban J connectivity index is 1.75. The summed E-state index contributed by atoms with van der Waals surface area (Å²) < 4.78 is 0. The van der Waals surface area contributed by atoms with Gasteiger partial charge >= 0.3 is 0 Å². The topological polar surface area (TPSA) is 27.0 Å².